The Labute approximate surface area is 98.8 Å². The number of pyridine rings is 1. The molecule has 0 amide bonds. The molecule has 0 saturated heterocycles. The summed E-state index contributed by atoms with van der Waals surface area (Å²) in [5.74, 6) is 0. The van der Waals surface area contributed by atoms with E-state index in [1.54, 1.807) is 23.7 Å². The summed E-state index contributed by atoms with van der Waals surface area (Å²) >= 11 is 1.62. The Morgan fingerprint density at radius 1 is 1.25 bits per heavy atom. The van der Waals surface area contributed by atoms with Crippen molar-refractivity contribution in [1.29, 1.82) is 0 Å². The Morgan fingerprint density at radius 2 is 2.00 bits per heavy atom. The fourth-order valence-electron chi connectivity index (χ4n) is 1.23. The normalized spacial score (nSPS) is 10.9. The van der Waals surface area contributed by atoms with Crippen molar-refractivity contribution >= 4 is 11.3 Å². The zero-order chi connectivity index (χ0) is 11.4. The molecule has 4 nitrogen and oxygen atoms in total. The van der Waals surface area contributed by atoms with Crippen LogP contribution in [-0.2, 0) is 6.54 Å². The SMILES string of the molecule is CC(C)NCc1nnc(-c2ccncc2)s1. The van der Waals surface area contributed by atoms with Crippen molar-refractivity contribution in [1.82, 2.24) is 20.5 Å². The van der Waals surface area contributed by atoms with E-state index < -0.39 is 0 Å². The molecule has 0 aliphatic heterocycles. The minimum atomic E-state index is 0.466. The quantitative estimate of drug-likeness (QED) is 0.880. The molecule has 2 aromatic heterocycles. The first-order valence-electron chi connectivity index (χ1n) is 5.22. The second kappa shape index (κ2) is 5.14. The maximum atomic E-state index is 4.17. The summed E-state index contributed by atoms with van der Waals surface area (Å²) in [6.07, 6.45) is 3.53. The summed E-state index contributed by atoms with van der Waals surface area (Å²) in [5.41, 5.74) is 1.07. The van der Waals surface area contributed by atoms with Crippen LogP contribution in [0.1, 0.15) is 18.9 Å². The number of aromatic nitrogens is 3. The molecule has 0 radical (unpaired) electrons. The predicted molar refractivity (Wildman–Crippen MR) is 65.1 cm³/mol. The molecule has 0 atom stereocenters. The fraction of sp³-hybridized carbons (Fsp3) is 0.364. The first kappa shape index (κ1) is 11.2. The van der Waals surface area contributed by atoms with E-state index >= 15 is 0 Å². The first-order chi connectivity index (χ1) is 7.75. The lowest BCUT2D eigenvalue weighted by Gasteiger charge is -2.03. The molecule has 0 bridgehead atoms. The molecular weight excluding hydrogens is 220 g/mol. The number of hydrogen-bond donors (Lipinski definition) is 1. The summed E-state index contributed by atoms with van der Waals surface area (Å²) in [7, 11) is 0. The standard InChI is InChI=1S/C11H14N4S/c1-8(2)13-7-10-14-15-11(16-10)9-3-5-12-6-4-9/h3-6,8,13H,7H2,1-2H3. The van der Waals surface area contributed by atoms with Crippen LogP contribution in [0.25, 0.3) is 10.6 Å². The number of rotatable bonds is 4. The monoisotopic (exact) mass is 234 g/mol. The van der Waals surface area contributed by atoms with E-state index in [4.69, 9.17) is 0 Å². The van der Waals surface area contributed by atoms with Crippen LogP contribution in [-0.4, -0.2) is 21.2 Å². The van der Waals surface area contributed by atoms with E-state index in [1.165, 1.54) is 0 Å². The van der Waals surface area contributed by atoms with E-state index in [-0.39, 0.29) is 0 Å². The lowest BCUT2D eigenvalue weighted by Crippen LogP contribution is -2.21. The first-order valence-corrected chi connectivity index (χ1v) is 6.03. The van der Waals surface area contributed by atoms with Gasteiger partial charge in [-0.3, -0.25) is 4.98 Å². The molecule has 0 saturated carbocycles. The molecule has 0 fully saturated rings. The van der Waals surface area contributed by atoms with Gasteiger partial charge in [-0.15, -0.1) is 10.2 Å². The Bertz CT molecular complexity index is 438. The van der Waals surface area contributed by atoms with Gasteiger partial charge in [-0.2, -0.15) is 0 Å². The van der Waals surface area contributed by atoms with Gasteiger partial charge in [0.05, 0.1) is 0 Å². The van der Waals surface area contributed by atoms with Crippen molar-refractivity contribution in [3.05, 3.63) is 29.5 Å². The molecule has 0 aliphatic carbocycles. The molecule has 5 heteroatoms. The molecule has 0 unspecified atom stereocenters. The minimum absolute atomic E-state index is 0.466. The smallest absolute Gasteiger partial charge is 0.147 e. The van der Waals surface area contributed by atoms with Crippen molar-refractivity contribution in [3.8, 4) is 10.6 Å². The van der Waals surface area contributed by atoms with Gasteiger partial charge in [0.15, 0.2) is 0 Å². The highest BCUT2D eigenvalue weighted by atomic mass is 32.1. The second-order valence-electron chi connectivity index (χ2n) is 3.77. The van der Waals surface area contributed by atoms with E-state index in [2.05, 4.69) is 34.3 Å². The van der Waals surface area contributed by atoms with Crippen LogP contribution in [0.5, 0.6) is 0 Å². The Morgan fingerprint density at radius 3 is 2.69 bits per heavy atom. The van der Waals surface area contributed by atoms with Crippen LogP contribution in [0.15, 0.2) is 24.5 Å². The molecule has 0 spiro atoms. The van der Waals surface area contributed by atoms with Gasteiger partial charge >= 0.3 is 0 Å². The molecule has 2 heterocycles. The lowest BCUT2D eigenvalue weighted by atomic mass is 10.3. The average Bonchev–Trinajstić information content (AvgIpc) is 2.76. The van der Waals surface area contributed by atoms with Gasteiger partial charge in [0.2, 0.25) is 0 Å². The van der Waals surface area contributed by atoms with Crippen molar-refractivity contribution in [2.75, 3.05) is 0 Å². The fourth-order valence-corrected chi connectivity index (χ4v) is 2.02. The van der Waals surface area contributed by atoms with Crippen LogP contribution in [0.2, 0.25) is 0 Å². The summed E-state index contributed by atoms with van der Waals surface area (Å²) < 4.78 is 0. The van der Waals surface area contributed by atoms with E-state index in [1.807, 2.05) is 12.1 Å². The third-order valence-electron chi connectivity index (χ3n) is 2.06. The predicted octanol–water partition coefficient (Wildman–Crippen LogP) is 2.10. The van der Waals surface area contributed by atoms with Crippen molar-refractivity contribution in [2.24, 2.45) is 0 Å². The summed E-state index contributed by atoms with van der Waals surface area (Å²) in [5, 5.41) is 13.6. The maximum Gasteiger partial charge on any atom is 0.147 e. The average molecular weight is 234 g/mol. The third-order valence-corrected chi connectivity index (χ3v) is 3.03. The number of nitrogens with zero attached hydrogens (tertiary/aromatic N) is 3. The number of nitrogens with one attached hydrogen (secondary N) is 1. The van der Waals surface area contributed by atoms with Crippen molar-refractivity contribution < 1.29 is 0 Å². The summed E-state index contributed by atoms with van der Waals surface area (Å²) in [4.78, 5) is 3.98. The maximum absolute atomic E-state index is 4.17. The Kier molecular flexibility index (Phi) is 3.58. The van der Waals surface area contributed by atoms with Gasteiger partial charge in [-0.25, -0.2) is 0 Å². The number of hydrogen-bond acceptors (Lipinski definition) is 5. The van der Waals surface area contributed by atoms with Crippen molar-refractivity contribution in [2.45, 2.75) is 26.4 Å². The highest BCUT2D eigenvalue weighted by molar-refractivity contribution is 7.14. The molecule has 2 aromatic rings. The van der Waals surface area contributed by atoms with Crippen LogP contribution in [0, 0.1) is 0 Å². The van der Waals surface area contributed by atoms with Gasteiger partial charge in [-0.05, 0) is 12.1 Å². The van der Waals surface area contributed by atoms with Gasteiger partial charge < -0.3 is 5.32 Å². The molecule has 84 valence electrons. The molecule has 16 heavy (non-hydrogen) atoms. The highest BCUT2D eigenvalue weighted by Crippen LogP contribution is 2.22. The van der Waals surface area contributed by atoms with E-state index in [0.29, 0.717) is 6.04 Å². The van der Waals surface area contributed by atoms with E-state index in [9.17, 15) is 0 Å². The minimum Gasteiger partial charge on any atom is -0.308 e. The zero-order valence-corrected chi connectivity index (χ0v) is 10.2. The van der Waals surface area contributed by atoms with Gasteiger partial charge in [0, 0.05) is 30.5 Å². The van der Waals surface area contributed by atoms with Crippen LogP contribution < -0.4 is 5.32 Å². The molecule has 1 N–H and O–H groups in total. The van der Waals surface area contributed by atoms with Gasteiger partial charge in [0.25, 0.3) is 0 Å². The molecule has 0 aromatic carbocycles. The van der Waals surface area contributed by atoms with Crippen LogP contribution in [0.4, 0.5) is 0 Å². The lowest BCUT2D eigenvalue weighted by molar-refractivity contribution is 0.585. The van der Waals surface area contributed by atoms with Crippen LogP contribution >= 0.6 is 11.3 Å². The Hall–Kier alpha value is -1.33. The Balaban J connectivity index is 2.08. The van der Waals surface area contributed by atoms with Gasteiger partial charge in [-0.1, -0.05) is 25.2 Å². The largest absolute Gasteiger partial charge is 0.308 e. The third kappa shape index (κ3) is 2.84. The summed E-state index contributed by atoms with van der Waals surface area (Å²) in [6, 6.07) is 4.36. The zero-order valence-electron chi connectivity index (χ0n) is 9.34. The summed E-state index contributed by atoms with van der Waals surface area (Å²) in [6.45, 7) is 5.01. The van der Waals surface area contributed by atoms with Gasteiger partial charge in [0.1, 0.15) is 10.0 Å². The van der Waals surface area contributed by atoms with Crippen molar-refractivity contribution in [3.63, 3.8) is 0 Å². The highest BCUT2D eigenvalue weighted by Gasteiger charge is 2.06. The topological polar surface area (TPSA) is 50.7 Å². The van der Waals surface area contributed by atoms with E-state index in [0.717, 1.165) is 22.1 Å². The molecule has 0 aliphatic rings. The second-order valence-corrected chi connectivity index (χ2v) is 4.83. The van der Waals surface area contributed by atoms with Crippen LogP contribution in [0.3, 0.4) is 0 Å². The molecular formula is C11H14N4S. The molecule has 2 rings (SSSR count).